The number of carbonyl (C=O) groups is 1. The summed E-state index contributed by atoms with van der Waals surface area (Å²) in [7, 11) is -3.81. The summed E-state index contributed by atoms with van der Waals surface area (Å²) >= 11 is 0.920. The predicted octanol–water partition coefficient (Wildman–Crippen LogP) is 3.24. The molecule has 0 amide bonds. The van der Waals surface area contributed by atoms with Crippen molar-refractivity contribution in [2.75, 3.05) is 6.26 Å². The fourth-order valence-corrected chi connectivity index (χ4v) is 5.04. The summed E-state index contributed by atoms with van der Waals surface area (Å²) in [5, 5.41) is -0.388. The first kappa shape index (κ1) is 16.7. The zero-order valence-electron chi connectivity index (χ0n) is 11.4. The Balaban J connectivity index is 3.54. The average Bonchev–Trinajstić information content (AvgIpc) is 2.46. The lowest BCUT2D eigenvalue weighted by Crippen LogP contribution is -2.44. The number of hydrogen-bond acceptors (Lipinski definition) is 4. The Labute approximate surface area is 124 Å². The van der Waals surface area contributed by atoms with Gasteiger partial charge in [-0.3, -0.25) is 4.79 Å². The van der Waals surface area contributed by atoms with E-state index in [1.807, 2.05) is 0 Å². The second-order valence-corrected chi connectivity index (χ2v) is 7.33. The van der Waals surface area contributed by atoms with Crippen LogP contribution in [0.4, 0.5) is 0 Å². The molecule has 0 saturated heterocycles. The molecule has 20 heavy (non-hydrogen) atoms. The first-order valence-electron chi connectivity index (χ1n) is 6.06. The minimum absolute atomic E-state index is 0.0654. The minimum atomic E-state index is -3.81. The van der Waals surface area contributed by atoms with Crippen LogP contribution in [-0.2, 0) is 14.6 Å². The Morgan fingerprint density at radius 3 is 2.10 bits per heavy atom. The average molecular weight is 310 g/mol. The summed E-state index contributed by atoms with van der Waals surface area (Å²) < 4.78 is 24.3. The second kappa shape index (κ2) is 6.90. The summed E-state index contributed by atoms with van der Waals surface area (Å²) in [6.07, 6.45) is 4.66. The molecule has 0 fully saturated rings. The zero-order chi connectivity index (χ0) is 15.2. The van der Waals surface area contributed by atoms with Gasteiger partial charge in [-0.15, -0.1) is 13.2 Å². The molecular formula is C15H18O3S2. The topological polar surface area (TPSA) is 51.2 Å². The fraction of sp³-hybridized carbons (Fsp3) is 0.267. The lowest BCUT2D eigenvalue weighted by molar-refractivity contribution is -0.113. The number of rotatable bonds is 7. The van der Waals surface area contributed by atoms with Gasteiger partial charge in [0.15, 0.2) is 14.6 Å². The van der Waals surface area contributed by atoms with E-state index in [0.717, 1.165) is 11.8 Å². The highest BCUT2D eigenvalue weighted by Crippen LogP contribution is 2.36. The standard InChI is InChI=1S/C15H18O3S2/c1-4-11-15(12-5-2,14(16)19-3)20(17,18)13-9-7-6-8-10-13/h4-10H,1-2,11-12H2,3H3. The van der Waals surface area contributed by atoms with Crippen molar-refractivity contribution in [1.29, 1.82) is 0 Å². The van der Waals surface area contributed by atoms with Crippen LogP contribution < -0.4 is 0 Å². The van der Waals surface area contributed by atoms with E-state index in [-0.39, 0.29) is 22.9 Å². The lowest BCUT2D eigenvalue weighted by atomic mass is 10.0. The van der Waals surface area contributed by atoms with Crippen LogP contribution in [0.3, 0.4) is 0 Å². The van der Waals surface area contributed by atoms with Crippen LogP contribution in [0.5, 0.6) is 0 Å². The fourth-order valence-electron chi connectivity index (χ4n) is 2.06. The number of benzene rings is 1. The van der Waals surface area contributed by atoms with Crippen LogP contribution in [0.25, 0.3) is 0 Å². The Morgan fingerprint density at radius 2 is 1.70 bits per heavy atom. The van der Waals surface area contributed by atoms with Gasteiger partial charge in [-0.05, 0) is 31.2 Å². The Bertz CT molecular complexity index is 579. The molecule has 0 saturated carbocycles. The van der Waals surface area contributed by atoms with Crippen molar-refractivity contribution in [2.24, 2.45) is 0 Å². The van der Waals surface area contributed by atoms with Gasteiger partial charge in [0.05, 0.1) is 4.90 Å². The summed E-state index contributed by atoms with van der Waals surface area (Å²) in [5.74, 6) is 0. The highest BCUT2D eigenvalue weighted by Gasteiger charge is 2.48. The van der Waals surface area contributed by atoms with Crippen molar-refractivity contribution < 1.29 is 13.2 Å². The van der Waals surface area contributed by atoms with Gasteiger partial charge in [-0.2, -0.15) is 0 Å². The Morgan fingerprint density at radius 1 is 1.20 bits per heavy atom. The van der Waals surface area contributed by atoms with Gasteiger partial charge >= 0.3 is 0 Å². The number of hydrogen-bond donors (Lipinski definition) is 0. The van der Waals surface area contributed by atoms with E-state index in [2.05, 4.69) is 13.2 Å². The molecule has 0 unspecified atom stereocenters. The van der Waals surface area contributed by atoms with Gasteiger partial charge in [0.1, 0.15) is 0 Å². The maximum Gasteiger partial charge on any atom is 0.210 e. The van der Waals surface area contributed by atoms with Crippen LogP contribution in [0, 0.1) is 0 Å². The highest BCUT2D eigenvalue weighted by atomic mass is 32.2. The van der Waals surface area contributed by atoms with E-state index < -0.39 is 14.6 Å². The van der Waals surface area contributed by atoms with Crippen LogP contribution in [0.1, 0.15) is 12.8 Å². The third-order valence-corrected chi connectivity index (χ3v) is 6.40. The molecular weight excluding hydrogens is 292 g/mol. The summed E-state index contributed by atoms with van der Waals surface area (Å²) in [6, 6.07) is 8.03. The second-order valence-electron chi connectivity index (χ2n) is 4.29. The van der Waals surface area contributed by atoms with Gasteiger partial charge in [0, 0.05) is 0 Å². The molecule has 5 heteroatoms. The predicted molar refractivity (Wildman–Crippen MR) is 84.5 cm³/mol. The maximum atomic E-state index is 12.9. The maximum absolute atomic E-state index is 12.9. The van der Waals surface area contributed by atoms with E-state index in [1.54, 1.807) is 24.5 Å². The van der Waals surface area contributed by atoms with Gasteiger partial charge in [0.2, 0.25) is 5.12 Å². The van der Waals surface area contributed by atoms with Gasteiger partial charge in [0.25, 0.3) is 0 Å². The smallest absolute Gasteiger partial charge is 0.210 e. The molecule has 0 aliphatic rings. The summed E-state index contributed by atoms with van der Waals surface area (Å²) in [6.45, 7) is 7.18. The minimum Gasteiger partial charge on any atom is -0.285 e. The van der Waals surface area contributed by atoms with E-state index in [4.69, 9.17) is 0 Å². The molecule has 3 nitrogen and oxygen atoms in total. The van der Waals surface area contributed by atoms with E-state index in [0.29, 0.717) is 0 Å². The largest absolute Gasteiger partial charge is 0.285 e. The molecule has 0 aliphatic heterocycles. The van der Waals surface area contributed by atoms with Crippen molar-refractivity contribution >= 4 is 26.7 Å². The van der Waals surface area contributed by atoms with Crippen LogP contribution in [0.15, 0.2) is 60.5 Å². The highest BCUT2D eigenvalue weighted by molar-refractivity contribution is 8.15. The van der Waals surface area contributed by atoms with E-state index >= 15 is 0 Å². The van der Waals surface area contributed by atoms with E-state index in [1.165, 1.54) is 24.3 Å². The SMILES string of the molecule is C=CCC(CC=C)(C(=O)SC)S(=O)(=O)c1ccccc1. The Hall–Kier alpha value is -1.33. The van der Waals surface area contributed by atoms with Gasteiger partial charge in [-0.25, -0.2) is 8.42 Å². The first-order chi connectivity index (χ1) is 9.46. The molecule has 1 rings (SSSR count). The molecule has 0 N–H and O–H groups in total. The number of thioether (sulfide) groups is 1. The third kappa shape index (κ3) is 2.88. The number of carbonyl (C=O) groups excluding carboxylic acids is 1. The zero-order valence-corrected chi connectivity index (χ0v) is 13.0. The molecule has 0 heterocycles. The molecule has 0 spiro atoms. The van der Waals surface area contributed by atoms with Crippen LogP contribution in [-0.4, -0.2) is 24.5 Å². The number of sulfone groups is 1. The first-order valence-corrected chi connectivity index (χ1v) is 8.77. The van der Waals surface area contributed by atoms with Gasteiger partial charge in [-0.1, -0.05) is 42.1 Å². The van der Waals surface area contributed by atoms with Gasteiger partial charge < -0.3 is 0 Å². The molecule has 0 bridgehead atoms. The quantitative estimate of drug-likeness (QED) is 0.726. The normalized spacial score (nSPS) is 11.8. The van der Waals surface area contributed by atoms with Crippen LogP contribution >= 0.6 is 11.8 Å². The molecule has 1 aromatic rings. The lowest BCUT2D eigenvalue weighted by Gasteiger charge is -2.29. The van der Waals surface area contributed by atoms with E-state index in [9.17, 15) is 13.2 Å². The van der Waals surface area contributed by atoms with Crippen molar-refractivity contribution in [3.05, 3.63) is 55.6 Å². The molecule has 0 atom stereocenters. The monoisotopic (exact) mass is 310 g/mol. The molecule has 108 valence electrons. The van der Waals surface area contributed by atoms with Crippen molar-refractivity contribution in [3.63, 3.8) is 0 Å². The summed E-state index contributed by atoms with van der Waals surface area (Å²) in [4.78, 5) is 12.5. The summed E-state index contributed by atoms with van der Waals surface area (Å²) in [5.41, 5.74) is 0. The molecule has 0 aliphatic carbocycles. The molecule has 1 aromatic carbocycles. The third-order valence-electron chi connectivity index (χ3n) is 3.07. The van der Waals surface area contributed by atoms with Crippen LogP contribution in [0.2, 0.25) is 0 Å². The molecule has 0 radical (unpaired) electrons. The Kier molecular flexibility index (Phi) is 5.77. The number of allylic oxidation sites excluding steroid dienone is 2. The van der Waals surface area contributed by atoms with Crippen molar-refractivity contribution in [2.45, 2.75) is 22.5 Å². The van der Waals surface area contributed by atoms with Crippen molar-refractivity contribution in [1.82, 2.24) is 0 Å². The molecule has 0 aromatic heterocycles. The van der Waals surface area contributed by atoms with Crippen molar-refractivity contribution in [3.8, 4) is 0 Å².